The van der Waals surface area contributed by atoms with E-state index >= 15 is 0 Å². The zero-order chi connectivity index (χ0) is 19.8. The summed E-state index contributed by atoms with van der Waals surface area (Å²) in [5, 5.41) is 15.8. The van der Waals surface area contributed by atoms with Gasteiger partial charge < -0.3 is 0 Å². The van der Waals surface area contributed by atoms with Crippen molar-refractivity contribution >= 4 is 15.5 Å². The van der Waals surface area contributed by atoms with Crippen molar-refractivity contribution in [2.75, 3.05) is 18.6 Å². The van der Waals surface area contributed by atoms with Crippen LogP contribution >= 0.6 is 0 Å². The fourth-order valence-corrected chi connectivity index (χ4v) is 5.38. The number of sulfone groups is 1. The first-order chi connectivity index (χ1) is 12.7. The summed E-state index contributed by atoms with van der Waals surface area (Å²) in [5.74, 6) is 0.351. The van der Waals surface area contributed by atoms with Gasteiger partial charge in [-0.25, -0.2) is 8.42 Å². The number of aromatic nitrogens is 2. The van der Waals surface area contributed by atoms with Crippen molar-refractivity contribution < 1.29 is 13.3 Å². The Morgan fingerprint density at radius 2 is 2.00 bits per heavy atom. The molecule has 2 aromatic rings. The molecule has 8 nitrogen and oxygen atoms in total. The topological polar surface area (TPSA) is 98.3 Å². The summed E-state index contributed by atoms with van der Waals surface area (Å²) < 4.78 is 25.4. The number of nitrogens with zero attached hydrogens (tertiary/aromatic N) is 4. The molecule has 27 heavy (non-hydrogen) atoms. The summed E-state index contributed by atoms with van der Waals surface area (Å²) in [4.78, 5) is 12.8. The van der Waals surface area contributed by atoms with E-state index in [2.05, 4.69) is 5.10 Å². The number of para-hydroxylation sites is 1. The van der Waals surface area contributed by atoms with E-state index in [1.165, 1.54) is 6.07 Å². The summed E-state index contributed by atoms with van der Waals surface area (Å²) in [6.45, 7) is 4.91. The largest absolute Gasteiger partial charge is 0.297 e. The number of hydrogen-bond acceptors (Lipinski definition) is 6. The predicted octanol–water partition coefficient (Wildman–Crippen LogP) is 2.40. The third-order valence-electron chi connectivity index (χ3n) is 5.09. The van der Waals surface area contributed by atoms with Gasteiger partial charge in [0.25, 0.3) is 5.69 Å². The molecule has 0 amide bonds. The Morgan fingerprint density at radius 1 is 1.30 bits per heavy atom. The van der Waals surface area contributed by atoms with Gasteiger partial charge in [0.15, 0.2) is 9.84 Å². The van der Waals surface area contributed by atoms with Crippen LogP contribution in [0.3, 0.4) is 0 Å². The minimum Gasteiger partial charge on any atom is -0.297 e. The molecule has 0 bridgehead atoms. The van der Waals surface area contributed by atoms with E-state index in [-0.39, 0.29) is 28.2 Å². The molecule has 1 aromatic carbocycles. The van der Waals surface area contributed by atoms with Crippen molar-refractivity contribution in [2.45, 2.75) is 39.4 Å². The molecule has 0 aliphatic carbocycles. The number of nitro benzene ring substituents is 1. The highest BCUT2D eigenvalue weighted by Crippen LogP contribution is 2.28. The van der Waals surface area contributed by atoms with E-state index in [1.54, 1.807) is 18.2 Å². The first-order valence-electron chi connectivity index (χ1n) is 8.84. The summed E-state index contributed by atoms with van der Waals surface area (Å²) in [6, 6.07) is 6.63. The van der Waals surface area contributed by atoms with E-state index in [9.17, 15) is 18.5 Å². The molecule has 1 aromatic heterocycles. The van der Waals surface area contributed by atoms with Crippen LogP contribution in [0.2, 0.25) is 0 Å². The van der Waals surface area contributed by atoms with Crippen molar-refractivity contribution in [3.05, 3.63) is 56.9 Å². The van der Waals surface area contributed by atoms with Gasteiger partial charge in [0.05, 0.1) is 28.2 Å². The van der Waals surface area contributed by atoms with Gasteiger partial charge in [0.1, 0.15) is 0 Å². The molecule has 1 atom stereocenters. The molecule has 0 saturated carbocycles. The van der Waals surface area contributed by atoms with Gasteiger partial charge >= 0.3 is 0 Å². The molecule has 2 heterocycles. The van der Waals surface area contributed by atoms with Gasteiger partial charge in [-0.15, -0.1) is 0 Å². The lowest BCUT2D eigenvalue weighted by molar-refractivity contribution is -0.385. The van der Waals surface area contributed by atoms with Gasteiger partial charge in [0, 0.05) is 36.0 Å². The Hall–Kier alpha value is -2.26. The minimum atomic E-state index is -2.98. The van der Waals surface area contributed by atoms with E-state index in [0.717, 1.165) is 17.0 Å². The number of aryl methyl sites for hydroxylation is 1. The molecule has 0 radical (unpaired) electrons. The Balaban J connectivity index is 1.77. The van der Waals surface area contributed by atoms with Crippen LogP contribution in [0, 0.1) is 24.0 Å². The fourth-order valence-electron chi connectivity index (χ4n) is 3.69. The molecule has 3 rings (SSSR count). The molecule has 9 heteroatoms. The van der Waals surface area contributed by atoms with Crippen LogP contribution in [0.15, 0.2) is 24.3 Å². The van der Waals surface area contributed by atoms with Crippen molar-refractivity contribution in [1.82, 2.24) is 14.7 Å². The third kappa shape index (κ3) is 4.19. The Labute approximate surface area is 158 Å². The standard InChI is InChI=1S/C18H24N4O4S/c1-13-17(14(2)21(19-13)16-8-9-27(25,26)12-16)11-20(3)10-15-6-4-5-7-18(15)22(23)24/h4-7,16H,8-12H2,1-3H3/t16-/m0/s1. The van der Waals surface area contributed by atoms with Crippen LogP contribution in [0.1, 0.15) is 35.0 Å². The quantitative estimate of drug-likeness (QED) is 0.553. The highest BCUT2D eigenvalue weighted by atomic mass is 32.2. The minimum absolute atomic E-state index is 0.108. The molecule has 0 unspecified atom stereocenters. The first-order valence-corrected chi connectivity index (χ1v) is 10.7. The van der Waals surface area contributed by atoms with E-state index in [0.29, 0.717) is 25.1 Å². The van der Waals surface area contributed by atoms with Crippen LogP contribution in [-0.4, -0.2) is 46.6 Å². The number of rotatable bonds is 6. The highest BCUT2D eigenvalue weighted by molar-refractivity contribution is 7.91. The van der Waals surface area contributed by atoms with Crippen LogP contribution in [-0.2, 0) is 22.9 Å². The van der Waals surface area contributed by atoms with E-state index in [1.807, 2.05) is 30.5 Å². The van der Waals surface area contributed by atoms with E-state index in [4.69, 9.17) is 0 Å². The molecular formula is C18H24N4O4S. The first kappa shape index (κ1) is 19.5. The van der Waals surface area contributed by atoms with Gasteiger partial charge in [0.2, 0.25) is 0 Å². The summed E-state index contributed by atoms with van der Waals surface area (Å²) in [7, 11) is -1.07. The maximum atomic E-state index is 11.8. The van der Waals surface area contributed by atoms with Crippen LogP contribution in [0.25, 0.3) is 0 Å². The van der Waals surface area contributed by atoms with Crippen molar-refractivity contribution in [1.29, 1.82) is 0 Å². The van der Waals surface area contributed by atoms with Gasteiger partial charge in [-0.1, -0.05) is 18.2 Å². The van der Waals surface area contributed by atoms with Gasteiger partial charge in [-0.05, 0) is 27.3 Å². The predicted molar refractivity (Wildman–Crippen MR) is 102 cm³/mol. The molecule has 0 spiro atoms. The molecule has 146 valence electrons. The lowest BCUT2D eigenvalue weighted by atomic mass is 10.1. The number of nitro groups is 1. The summed E-state index contributed by atoms with van der Waals surface area (Å²) >= 11 is 0. The summed E-state index contributed by atoms with van der Waals surface area (Å²) in [6.07, 6.45) is 0.593. The third-order valence-corrected chi connectivity index (χ3v) is 6.84. The van der Waals surface area contributed by atoms with Crippen molar-refractivity contribution in [2.24, 2.45) is 0 Å². The number of benzene rings is 1. The normalized spacial score (nSPS) is 18.9. The van der Waals surface area contributed by atoms with E-state index < -0.39 is 9.84 Å². The van der Waals surface area contributed by atoms with Crippen LogP contribution < -0.4 is 0 Å². The molecular weight excluding hydrogens is 368 g/mol. The Bertz CT molecular complexity index is 968. The maximum Gasteiger partial charge on any atom is 0.273 e. The smallest absolute Gasteiger partial charge is 0.273 e. The van der Waals surface area contributed by atoms with Crippen molar-refractivity contribution in [3.8, 4) is 0 Å². The van der Waals surface area contributed by atoms with Crippen LogP contribution in [0.5, 0.6) is 0 Å². The fraction of sp³-hybridized carbons (Fsp3) is 0.500. The second-order valence-electron chi connectivity index (χ2n) is 7.21. The SMILES string of the molecule is Cc1nn([C@H]2CCS(=O)(=O)C2)c(C)c1CN(C)Cc1ccccc1[N+](=O)[O-]. The Kier molecular flexibility index (Phi) is 5.34. The molecule has 1 fully saturated rings. The zero-order valence-corrected chi connectivity index (χ0v) is 16.6. The summed E-state index contributed by atoms with van der Waals surface area (Å²) in [5.41, 5.74) is 3.65. The second-order valence-corrected chi connectivity index (χ2v) is 9.44. The lowest BCUT2D eigenvalue weighted by Crippen LogP contribution is -2.19. The molecule has 1 saturated heterocycles. The highest BCUT2D eigenvalue weighted by Gasteiger charge is 2.31. The second kappa shape index (κ2) is 7.40. The van der Waals surface area contributed by atoms with Gasteiger partial charge in [-0.2, -0.15) is 5.10 Å². The molecule has 0 N–H and O–H groups in total. The van der Waals surface area contributed by atoms with Crippen LogP contribution in [0.4, 0.5) is 5.69 Å². The number of hydrogen-bond donors (Lipinski definition) is 0. The van der Waals surface area contributed by atoms with Gasteiger partial charge in [-0.3, -0.25) is 19.7 Å². The molecule has 1 aliphatic rings. The Morgan fingerprint density at radius 3 is 2.63 bits per heavy atom. The zero-order valence-electron chi connectivity index (χ0n) is 15.8. The maximum absolute atomic E-state index is 11.8. The van der Waals surface area contributed by atoms with Crippen molar-refractivity contribution in [3.63, 3.8) is 0 Å². The lowest BCUT2D eigenvalue weighted by Gasteiger charge is -2.18. The monoisotopic (exact) mass is 392 g/mol. The average molecular weight is 392 g/mol. The average Bonchev–Trinajstić information content (AvgIpc) is 3.08. The molecule has 1 aliphatic heterocycles.